The molecular weight excluding hydrogens is 437 g/mol. The highest BCUT2D eigenvalue weighted by atomic mass is 19.4. The van der Waals surface area contributed by atoms with Gasteiger partial charge in [0.05, 0.1) is 5.56 Å². The van der Waals surface area contributed by atoms with E-state index in [4.69, 9.17) is 4.52 Å². The molecule has 2 fully saturated rings. The van der Waals surface area contributed by atoms with E-state index in [-0.39, 0.29) is 23.1 Å². The third kappa shape index (κ3) is 3.61. The van der Waals surface area contributed by atoms with Crippen molar-refractivity contribution in [2.45, 2.75) is 50.9 Å². The Hall–Kier alpha value is -3.50. The third-order valence-corrected chi connectivity index (χ3v) is 6.29. The van der Waals surface area contributed by atoms with E-state index in [0.29, 0.717) is 30.5 Å². The summed E-state index contributed by atoms with van der Waals surface area (Å²) in [5.41, 5.74) is -1.57. The Kier molecular flexibility index (Phi) is 4.87. The maximum atomic E-state index is 13.6. The average molecular weight is 458 g/mol. The largest absolute Gasteiger partial charge is 0.417 e. The first kappa shape index (κ1) is 21.4. The van der Waals surface area contributed by atoms with Crippen LogP contribution in [0, 0.1) is 12.8 Å². The Labute approximate surface area is 187 Å². The normalized spacial score (nSPS) is 24.3. The summed E-state index contributed by atoms with van der Waals surface area (Å²) in [4.78, 5) is 27.3. The van der Waals surface area contributed by atoms with Crippen LogP contribution in [0.5, 0.6) is 0 Å². The van der Waals surface area contributed by atoms with Crippen LogP contribution in [0.3, 0.4) is 0 Å². The monoisotopic (exact) mass is 458 g/mol. The third-order valence-electron chi connectivity index (χ3n) is 6.29. The number of fused-ring (bicyclic) bond motifs is 2. The minimum Gasteiger partial charge on any atom is -0.337 e. The van der Waals surface area contributed by atoms with Crippen molar-refractivity contribution in [2.75, 3.05) is 5.32 Å². The predicted octanol–water partition coefficient (Wildman–Crippen LogP) is 4.79. The van der Waals surface area contributed by atoms with Gasteiger partial charge in [0.1, 0.15) is 5.54 Å². The van der Waals surface area contributed by atoms with Gasteiger partial charge >= 0.3 is 12.2 Å². The van der Waals surface area contributed by atoms with Crippen molar-refractivity contribution in [3.8, 4) is 11.4 Å². The number of anilines is 1. The van der Waals surface area contributed by atoms with Crippen LogP contribution in [-0.4, -0.2) is 37.1 Å². The molecule has 5 rings (SSSR count). The fraction of sp³-hybridized carbons (Fsp3) is 0.409. The minimum atomic E-state index is -4.60. The number of hydrogen-bond donors (Lipinski definition) is 1. The zero-order chi connectivity index (χ0) is 23.4. The van der Waals surface area contributed by atoms with E-state index in [9.17, 15) is 18.0 Å². The Morgan fingerprint density at radius 3 is 2.67 bits per heavy atom. The Balaban J connectivity index is 1.46. The molecular formula is C22H21F3N6O2. The van der Waals surface area contributed by atoms with Crippen LogP contribution in [0.2, 0.25) is 0 Å². The van der Waals surface area contributed by atoms with Gasteiger partial charge in [-0.05, 0) is 49.9 Å². The van der Waals surface area contributed by atoms with Crippen molar-refractivity contribution in [1.82, 2.24) is 25.0 Å². The molecule has 172 valence electrons. The van der Waals surface area contributed by atoms with Crippen molar-refractivity contribution >= 4 is 11.7 Å². The lowest BCUT2D eigenvalue weighted by Gasteiger charge is -2.61. The molecule has 1 aliphatic heterocycles. The van der Waals surface area contributed by atoms with Crippen LogP contribution in [0.15, 0.2) is 41.2 Å². The maximum Gasteiger partial charge on any atom is 0.417 e. The van der Waals surface area contributed by atoms with Crippen LogP contribution >= 0.6 is 0 Å². The van der Waals surface area contributed by atoms with Crippen molar-refractivity contribution in [3.05, 3.63) is 53.9 Å². The molecule has 11 heteroatoms. The van der Waals surface area contributed by atoms with Gasteiger partial charge < -0.3 is 14.7 Å². The molecule has 2 bridgehead atoms. The summed E-state index contributed by atoms with van der Waals surface area (Å²) in [5, 5.41) is 6.63. The molecule has 8 nitrogen and oxygen atoms in total. The summed E-state index contributed by atoms with van der Waals surface area (Å²) in [6.07, 6.45) is 0.357. The van der Waals surface area contributed by atoms with E-state index in [1.807, 2.05) is 0 Å². The molecule has 1 saturated carbocycles. The number of nitrogens with one attached hydrogen (secondary N) is 1. The molecule has 0 radical (unpaired) electrons. The molecule has 1 saturated heterocycles. The number of amides is 2. The zero-order valence-electron chi connectivity index (χ0n) is 17.9. The van der Waals surface area contributed by atoms with Crippen molar-refractivity contribution < 1.29 is 22.5 Å². The number of nitrogens with zero attached hydrogens (tertiary/aromatic N) is 5. The Morgan fingerprint density at radius 1 is 1.24 bits per heavy atom. The van der Waals surface area contributed by atoms with Crippen LogP contribution in [-0.2, 0) is 11.7 Å². The van der Waals surface area contributed by atoms with Gasteiger partial charge in [-0.15, -0.1) is 0 Å². The summed E-state index contributed by atoms with van der Waals surface area (Å²) in [6, 6.07) is 4.50. The zero-order valence-corrected chi connectivity index (χ0v) is 17.9. The Bertz CT molecular complexity index is 1200. The van der Waals surface area contributed by atoms with Gasteiger partial charge in [-0.3, -0.25) is 0 Å². The highest BCUT2D eigenvalue weighted by Crippen LogP contribution is 2.55. The van der Waals surface area contributed by atoms with Crippen LogP contribution < -0.4 is 5.32 Å². The van der Waals surface area contributed by atoms with E-state index in [1.165, 1.54) is 30.6 Å². The second-order valence-corrected chi connectivity index (χ2v) is 8.71. The quantitative estimate of drug-likeness (QED) is 0.606. The topological polar surface area (TPSA) is 97.0 Å². The first-order chi connectivity index (χ1) is 15.7. The molecule has 33 heavy (non-hydrogen) atoms. The van der Waals surface area contributed by atoms with Gasteiger partial charge in [0, 0.05) is 36.1 Å². The Morgan fingerprint density at radius 2 is 2.00 bits per heavy atom. The minimum absolute atomic E-state index is 0.00710. The van der Waals surface area contributed by atoms with Gasteiger partial charge in [-0.1, -0.05) is 12.1 Å². The number of carbonyl (C=O) groups is 1. The molecule has 3 atom stereocenters. The lowest BCUT2D eigenvalue weighted by molar-refractivity contribution is -0.137. The molecule has 1 N–H and O–H groups in total. The number of aryl methyl sites for hydroxylation is 1. The summed E-state index contributed by atoms with van der Waals surface area (Å²) >= 11 is 0. The summed E-state index contributed by atoms with van der Waals surface area (Å²) in [7, 11) is 0. The number of aromatic nitrogens is 4. The number of carbonyl (C=O) groups excluding carboxylic acids is 1. The predicted molar refractivity (Wildman–Crippen MR) is 111 cm³/mol. The number of likely N-dealkylation sites (tertiary alicyclic amines) is 1. The van der Waals surface area contributed by atoms with Gasteiger partial charge in [-0.25, -0.2) is 14.8 Å². The smallest absolute Gasteiger partial charge is 0.337 e. The number of rotatable bonds is 3. The maximum absolute atomic E-state index is 13.6. The number of halogens is 3. The van der Waals surface area contributed by atoms with E-state index in [0.717, 1.165) is 12.5 Å². The van der Waals surface area contributed by atoms with Gasteiger partial charge in [0.2, 0.25) is 0 Å². The van der Waals surface area contributed by atoms with E-state index >= 15 is 0 Å². The standard InChI is InChI=1S/C22H21F3N6O2/c1-12-8-15-11-21(10-12,19-28-13(2)30-33-19)31(15)20(32)29-14-4-5-17(22(23,24)25)16(9-14)18-26-6-3-7-27-18/h3-7,9,12,15H,8,10-11H2,1-2H3,(H,29,32). The lowest BCUT2D eigenvalue weighted by Crippen LogP contribution is -2.70. The number of hydrogen-bond acceptors (Lipinski definition) is 6. The number of benzene rings is 1. The molecule has 1 aromatic carbocycles. The number of piperidine rings is 1. The molecule has 3 unspecified atom stereocenters. The average Bonchev–Trinajstić information content (AvgIpc) is 3.19. The summed E-state index contributed by atoms with van der Waals surface area (Å²) < 4.78 is 46.2. The molecule has 2 aliphatic rings. The number of alkyl halides is 3. The van der Waals surface area contributed by atoms with Crippen LogP contribution in [0.1, 0.15) is 43.5 Å². The first-order valence-electron chi connectivity index (χ1n) is 10.6. The molecule has 0 spiro atoms. The molecule has 3 aromatic rings. The molecule has 2 amide bonds. The van der Waals surface area contributed by atoms with E-state index in [2.05, 4.69) is 32.3 Å². The highest BCUT2D eigenvalue weighted by molar-refractivity contribution is 5.92. The molecule has 2 aromatic heterocycles. The fourth-order valence-electron chi connectivity index (χ4n) is 5.11. The SMILES string of the molecule is Cc1noc(C23CC(C)CC(C2)N3C(=O)Nc2ccc(C(F)(F)F)c(-c3ncccn3)c2)n1. The van der Waals surface area contributed by atoms with Gasteiger partial charge in [0.25, 0.3) is 5.89 Å². The van der Waals surface area contributed by atoms with E-state index < -0.39 is 23.3 Å². The fourth-order valence-corrected chi connectivity index (χ4v) is 5.11. The van der Waals surface area contributed by atoms with Crippen molar-refractivity contribution in [1.29, 1.82) is 0 Å². The van der Waals surface area contributed by atoms with Crippen LogP contribution in [0.4, 0.5) is 23.7 Å². The second kappa shape index (κ2) is 7.53. The van der Waals surface area contributed by atoms with E-state index in [1.54, 1.807) is 11.8 Å². The van der Waals surface area contributed by atoms with Gasteiger partial charge in [0.15, 0.2) is 11.6 Å². The number of urea groups is 1. The lowest BCUT2D eigenvalue weighted by atomic mass is 9.64. The van der Waals surface area contributed by atoms with Crippen molar-refractivity contribution in [3.63, 3.8) is 0 Å². The summed E-state index contributed by atoms with van der Waals surface area (Å²) in [5.74, 6) is 1.17. The van der Waals surface area contributed by atoms with Crippen LogP contribution in [0.25, 0.3) is 11.4 Å². The molecule has 1 aliphatic carbocycles. The first-order valence-corrected chi connectivity index (χ1v) is 10.6. The second-order valence-electron chi connectivity index (χ2n) is 8.71. The van der Waals surface area contributed by atoms with Gasteiger partial charge in [-0.2, -0.15) is 18.2 Å². The summed E-state index contributed by atoms with van der Waals surface area (Å²) in [6.45, 7) is 3.83. The molecule has 3 heterocycles. The highest BCUT2D eigenvalue weighted by Gasteiger charge is 2.62. The van der Waals surface area contributed by atoms with Crippen molar-refractivity contribution in [2.24, 2.45) is 5.92 Å².